The van der Waals surface area contributed by atoms with E-state index >= 15 is 0 Å². The number of halogens is 2. The van der Waals surface area contributed by atoms with Gasteiger partial charge in [-0.2, -0.15) is 0 Å². The summed E-state index contributed by atoms with van der Waals surface area (Å²) in [6, 6.07) is 12.5. The lowest BCUT2D eigenvalue weighted by atomic mass is 9.93. The first-order valence-corrected chi connectivity index (χ1v) is 7.75. The lowest BCUT2D eigenvalue weighted by molar-refractivity contribution is -0.119. The minimum atomic E-state index is -0.311. The number of amides is 1. The van der Waals surface area contributed by atoms with Crippen LogP contribution < -0.4 is 4.90 Å². The van der Waals surface area contributed by atoms with Gasteiger partial charge >= 0.3 is 0 Å². The first-order chi connectivity index (χ1) is 10.1. The fraction of sp³-hybridized carbons (Fsp3) is 0.235. The second-order valence-corrected chi connectivity index (χ2v) is 6.05. The zero-order chi connectivity index (χ0) is 15.0. The lowest BCUT2D eigenvalue weighted by Gasteiger charge is -2.15. The van der Waals surface area contributed by atoms with Crippen molar-refractivity contribution in [1.29, 1.82) is 0 Å². The molecule has 0 unspecified atom stereocenters. The lowest BCUT2D eigenvalue weighted by Crippen LogP contribution is -2.29. The Kier molecular flexibility index (Phi) is 3.81. The fourth-order valence-electron chi connectivity index (χ4n) is 2.90. The fourth-order valence-corrected chi connectivity index (χ4v) is 3.28. The van der Waals surface area contributed by atoms with E-state index in [9.17, 15) is 9.18 Å². The third-order valence-corrected chi connectivity index (χ3v) is 4.41. The summed E-state index contributed by atoms with van der Waals surface area (Å²) >= 11 is 3.45. The number of hydrogen-bond donors (Lipinski definition) is 0. The van der Waals surface area contributed by atoms with Crippen LogP contribution in [-0.4, -0.2) is 12.5 Å². The average Bonchev–Trinajstić information content (AvgIpc) is 2.73. The van der Waals surface area contributed by atoms with Gasteiger partial charge in [-0.25, -0.2) is 4.39 Å². The zero-order valence-electron chi connectivity index (χ0n) is 11.6. The summed E-state index contributed by atoms with van der Waals surface area (Å²) in [5, 5.41) is 0. The Hall–Kier alpha value is -1.68. The first kappa shape index (κ1) is 14.3. The summed E-state index contributed by atoms with van der Waals surface area (Å²) in [5.74, 6) is -0.514. The average molecular weight is 348 g/mol. The van der Waals surface area contributed by atoms with Gasteiger partial charge in [0.1, 0.15) is 5.82 Å². The molecule has 1 aliphatic heterocycles. The SMILES string of the molecule is CCN1C(=O)[C@@H](Cc2ccccc2F)c2cc(Br)ccc21. The highest BCUT2D eigenvalue weighted by Gasteiger charge is 2.36. The number of likely N-dealkylation sites (N-methyl/N-ethyl adjacent to an activating group) is 1. The Morgan fingerprint density at radius 3 is 2.71 bits per heavy atom. The molecule has 2 aromatic carbocycles. The van der Waals surface area contributed by atoms with Crippen molar-refractivity contribution in [3.63, 3.8) is 0 Å². The van der Waals surface area contributed by atoms with E-state index in [1.807, 2.05) is 25.1 Å². The first-order valence-electron chi connectivity index (χ1n) is 6.96. The van der Waals surface area contributed by atoms with Crippen LogP contribution in [-0.2, 0) is 11.2 Å². The van der Waals surface area contributed by atoms with Crippen molar-refractivity contribution >= 4 is 27.5 Å². The highest BCUT2D eigenvalue weighted by atomic mass is 79.9. The normalized spacial score (nSPS) is 17.2. The molecule has 0 aliphatic carbocycles. The van der Waals surface area contributed by atoms with Crippen LogP contribution in [0.1, 0.15) is 24.0 Å². The van der Waals surface area contributed by atoms with Crippen LogP contribution in [0.15, 0.2) is 46.9 Å². The minimum Gasteiger partial charge on any atom is -0.312 e. The Morgan fingerprint density at radius 2 is 2.00 bits per heavy atom. The predicted molar refractivity (Wildman–Crippen MR) is 85.0 cm³/mol. The molecule has 1 heterocycles. The molecule has 0 spiro atoms. The van der Waals surface area contributed by atoms with E-state index in [0.29, 0.717) is 18.5 Å². The molecular weight excluding hydrogens is 333 g/mol. The van der Waals surface area contributed by atoms with Gasteiger partial charge in [-0.05, 0) is 48.7 Å². The summed E-state index contributed by atoms with van der Waals surface area (Å²) in [4.78, 5) is 14.4. The standard InChI is InChI=1S/C17H15BrFNO/c1-2-20-16-8-7-12(18)10-13(16)14(17(20)21)9-11-5-3-4-6-15(11)19/h3-8,10,14H,2,9H2,1H3/t14-/m0/s1. The van der Waals surface area contributed by atoms with Crippen LogP contribution in [0.5, 0.6) is 0 Å². The number of carbonyl (C=O) groups excluding carboxylic acids is 1. The van der Waals surface area contributed by atoms with Crippen molar-refractivity contribution in [3.05, 3.63) is 63.9 Å². The summed E-state index contributed by atoms with van der Waals surface area (Å²) in [5.41, 5.74) is 2.49. The van der Waals surface area contributed by atoms with E-state index in [-0.39, 0.29) is 17.6 Å². The second-order valence-electron chi connectivity index (χ2n) is 5.13. The molecule has 0 saturated carbocycles. The predicted octanol–water partition coefficient (Wildman–Crippen LogP) is 4.28. The Balaban J connectivity index is 2.02. The third kappa shape index (κ3) is 2.48. The topological polar surface area (TPSA) is 20.3 Å². The molecule has 21 heavy (non-hydrogen) atoms. The summed E-state index contributed by atoms with van der Waals surface area (Å²) < 4.78 is 14.8. The number of nitrogens with zero attached hydrogens (tertiary/aromatic N) is 1. The largest absolute Gasteiger partial charge is 0.312 e. The molecular formula is C17H15BrFNO. The van der Waals surface area contributed by atoms with Gasteiger partial charge in [-0.3, -0.25) is 4.79 Å². The maximum absolute atomic E-state index is 13.9. The van der Waals surface area contributed by atoms with Crippen molar-refractivity contribution in [2.75, 3.05) is 11.4 Å². The molecule has 3 rings (SSSR count). The van der Waals surface area contributed by atoms with Gasteiger partial charge in [-0.15, -0.1) is 0 Å². The maximum Gasteiger partial charge on any atom is 0.234 e. The number of hydrogen-bond acceptors (Lipinski definition) is 1. The van der Waals surface area contributed by atoms with E-state index in [4.69, 9.17) is 0 Å². The van der Waals surface area contributed by atoms with E-state index in [0.717, 1.165) is 15.7 Å². The van der Waals surface area contributed by atoms with Gasteiger partial charge in [0.05, 0.1) is 5.92 Å². The maximum atomic E-state index is 13.9. The molecule has 0 N–H and O–H groups in total. The molecule has 0 fully saturated rings. The minimum absolute atomic E-state index is 0.0499. The van der Waals surface area contributed by atoms with Gasteiger partial charge in [0.15, 0.2) is 0 Å². The summed E-state index contributed by atoms with van der Waals surface area (Å²) in [6.45, 7) is 2.58. The van der Waals surface area contributed by atoms with E-state index < -0.39 is 0 Å². The number of fused-ring (bicyclic) bond motifs is 1. The molecule has 1 aliphatic rings. The highest BCUT2D eigenvalue weighted by molar-refractivity contribution is 9.10. The molecule has 1 atom stereocenters. The van der Waals surface area contributed by atoms with Crippen molar-refractivity contribution < 1.29 is 9.18 Å². The third-order valence-electron chi connectivity index (χ3n) is 3.92. The van der Waals surface area contributed by atoms with Gasteiger partial charge < -0.3 is 4.90 Å². The molecule has 4 heteroatoms. The quantitative estimate of drug-likeness (QED) is 0.811. The van der Waals surface area contributed by atoms with Crippen molar-refractivity contribution in [2.45, 2.75) is 19.3 Å². The van der Waals surface area contributed by atoms with Crippen LogP contribution in [0.3, 0.4) is 0 Å². The Labute approximate surface area is 131 Å². The van der Waals surface area contributed by atoms with Gasteiger partial charge in [-0.1, -0.05) is 34.1 Å². The second kappa shape index (κ2) is 5.60. The van der Waals surface area contributed by atoms with Crippen LogP contribution in [0.25, 0.3) is 0 Å². The highest BCUT2D eigenvalue weighted by Crippen LogP contribution is 2.40. The van der Waals surface area contributed by atoms with Crippen LogP contribution in [0, 0.1) is 5.82 Å². The monoisotopic (exact) mass is 347 g/mol. The number of rotatable bonds is 3. The van der Waals surface area contributed by atoms with Gasteiger partial charge in [0.2, 0.25) is 5.91 Å². The molecule has 108 valence electrons. The van der Waals surface area contributed by atoms with Crippen molar-refractivity contribution in [2.24, 2.45) is 0 Å². The van der Waals surface area contributed by atoms with Gasteiger partial charge in [0, 0.05) is 16.7 Å². The molecule has 0 aromatic heterocycles. The Bertz CT molecular complexity index is 701. The Morgan fingerprint density at radius 1 is 1.24 bits per heavy atom. The summed E-state index contributed by atoms with van der Waals surface area (Å²) in [7, 11) is 0. The number of carbonyl (C=O) groups is 1. The van der Waals surface area contributed by atoms with Gasteiger partial charge in [0.25, 0.3) is 0 Å². The van der Waals surface area contributed by atoms with Crippen LogP contribution in [0.2, 0.25) is 0 Å². The number of benzene rings is 2. The van der Waals surface area contributed by atoms with E-state index in [1.54, 1.807) is 23.1 Å². The smallest absolute Gasteiger partial charge is 0.234 e. The molecule has 0 radical (unpaired) electrons. The van der Waals surface area contributed by atoms with Crippen molar-refractivity contribution in [1.82, 2.24) is 0 Å². The molecule has 2 aromatic rings. The van der Waals surface area contributed by atoms with Crippen LogP contribution >= 0.6 is 15.9 Å². The van der Waals surface area contributed by atoms with Crippen molar-refractivity contribution in [3.8, 4) is 0 Å². The molecule has 0 saturated heterocycles. The van der Waals surface area contributed by atoms with Crippen LogP contribution in [0.4, 0.5) is 10.1 Å². The molecule has 2 nitrogen and oxygen atoms in total. The van der Waals surface area contributed by atoms with E-state index in [1.165, 1.54) is 6.07 Å². The summed E-state index contributed by atoms with van der Waals surface area (Å²) in [6.07, 6.45) is 0.394. The zero-order valence-corrected chi connectivity index (χ0v) is 13.2. The molecule has 0 bridgehead atoms. The van der Waals surface area contributed by atoms with E-state index in [2.05, 4.69) is 15.9 Å². The molecule has 1 amide bonds. The number of anilines is 1.